The molecule has 3 aliphatic rings. The van der Waals surface area contributed by atoms with Crippen LogP contribution in [0.1, 0.15) is 30.4 Å². The molecule has 6 heterocycles. The maximum Gasteiger partial charge on any atom is 0.328 e. The van der Waals surface area contributed by atoms with Gasteiger partial charge in [-0.1, -0.05) is 6.07 Å². The quantitative estimate of drug-likeness (QED) is 0.647. The number of hydrogen-bond acceptors (Lipinski definition) is 6. The van der Waals surface area contributed by atoms with Crippen molar-refractivity contribution < 1.29 is 9.59 Å². The summed E-state index contributed by atoms with van der Waals surface area (Å²) in [5.41, 5.74) is 4.11. The number of pyridine rings is 2. The van der Waals surface area contributed by atoms with E-state index in [1.165, 1.54) is 24.0 Å². The van der Waals surface area contributed by atoms with Crippen molar-refractivity contribution >= 4 is 23.1 Å². The van der Waals surface area contributed by atoms with E-state index in [4.69, 9.17) is 0 Å². The second-order valence-corrected chi connectivity index (χ2v) is 9.26. The average Bonchev–Trinajstić information content (AvgIpc) is 3.31. The molecule has 0 aromatic carbocycles. The van der Waals surface area contributed by atoms with Gasteiger partial charge in [0.1, 0.15) is 0 Å². The Kier molecular flexibility index (Phi) is 5.07. The van der Waals surface area contributed by atoms with E-state index < -0.39 is 0 Å². The fourth-order valence-electron chi connectivity index (χ4n) is 5.54. The van der Waals surface area contributed by atoms with Gasteiger partial charge in [0.25, 0.3) is 0 Å². The van der Waals surface area contributed by atoms with E-state index in [2.05, 4.69) is 43.4 Å². The molecule has 9 heteroatoms. The maximum absolute atomic E-state index is 12.3. The third-order valence-electron chi connectivity index (χ3n) is 7.11. The van der Waals surface area contributed by atoms with Gasteiger partial charge in [0.15, 0.2) is 0 Å². The van der Waals surface area contributed by atoms with Crippen molar-refractivity contribution in [3.05, 3.63) is 60.2 Å². The summed E-state index contributed by atoms with van der Waals surface area (Å²) >= 11 is 0. The van der Waals surface area contributed by atoms with Crippen LogP contribution in [-0.2, 0) is 17.9 Å². The highest BCUT2D eigenvalue weighted by atomic mass is 16.2. The molecule has 9 nitrogen and oxygen atoms in total. The first-order valence-electron chi connectivity index (χ1n) is 11.6. The SMILES string of the molecule is O=C1CCN(c2cnn3ccc(CN4CC5CCC(C4)N5Cc4cccnc4)cc23)C(=O)N1. The Morgan fingerprint density at radius 2 is 1.88 bits per heavy atom. The topological polar surface area (TPSA) is 86.1 Å². The van der Waals surface area contributed by atoms with Crippen LogP contribution in [0.2, 0.25) is 0 Å². The molecule has 2 bridgehead atoms. The largest absolute Gasteiger partial charge is 0.328 e. The normalized spacial score (nSPS) is 23.9. The lowest BCUT2D eigenvalue weighted by Gasteiger charge is -2.41. The summed E-state index contributed by atoms with van der Waals surface area (Å²) in [4.78, 5) is 34.9. The molecule has 0 radical (unpaired) electrons. The average molecular weight is 446 g/mol. The van der Waals surface area contributed by atoms with E-state index in [-0.39, 0.29) is 11.9 Å². The number of urea groups is 1. The van der Waals surface area contributed by atoms with Crippen LogP contribution in [0.25, 0.3) is 5.52 Å². The van der Waals surface area contributed by atoms with Gasteiger partial charge >= 0.3 is 6.03 Å². The van der Waals surface area contributed by atoms with E-state index in [1.807, 2.05) is 24.7 Å². The van der Waals surface area contributed by atoms with Crippen molar-refractivity contribution in [1.82, 2.24) is 29.7 Å². The first kappa shape index (κ1) is 20.3. The van der Waals surface area contributed by atoms with Crippen LogP contribution in [0.3, 0.4) is 0 Å². The summed E-state index contributed by atoms with van der Waals surface area (Å²) < 4.78 is 1.79. The van der Waals surface area contributed by atoms with Crippen molar-refractivity contribution in [3.63, 3.8) is 0 Å². The highest BCUT2D eigenvalue weighted by molar-refractivity contribution is 6.07. The Bertz CT molecular complexity index is 1180. The van der Waals surface area contributed by atoms with Gasteiger partial charge < -0.3 is 0 Å². The summed E-state index contributed by atoms with van der Waals surface area (Å²) in [6.45, 7) is 4.34. The van der Waals surface area contributed by atoms with Crippen LogP contribution < -0.4 is 10.2 Å². The smallest absolute Gasteiger partial charge is 0.296 e. The molecule has 170 valence electrons. The minimum absolute atomic E-state index is 0.231. The number of nitrogens with one attached hydrogen (secondary N) is 1. The summed E-state index contributed by atoms with van der Waals surface area (Å²) in [6, 6.07) is 9.17. The van der Waals surface area contributed by atoms with Crippen molar-refractivity contribution in [1.29, 1.82) is 0 Å². The first-order chi connectivity index (χ1) is 16.1. The zero-order chi connectivity index (χ0) is 22.4. The van der Waals surface area contributed by atoms with E-state index in [9.17, 15) is 9.59 Å². The molecular weight excluding hydrogens is 418 g/mol. The maximum atomic E-state index is 12.3. The van der Waals surface area contributed by atoms with Gasteiger partial charge in [0.2, 0.25) is 5.91 Å². The molecule has 2 atom stereocenters. The third-order valence-corrected chi connectivity index (χ3v) is 7.11. The van der Waals surface area contributed by atoms with Gasteiger partial charge in [-0.15, -0.1) is 0 Å². The minimum atomic E-state index is -0.382. The Morgan fingerprint density at radius 3 is 2.64 bits per heavy atom. The van der Waals surface area contributed by atoms with Crippen LogP contribution in [0.4, 0.5) is 10.5 Å². The lowest BCUT2D eigenvalue weighted by molar-refractivity contribution is -0.120. The molecule has 0 aliphatic carbocycles. The number of amides is 3. The summed E-state index contributed by atoms with van der Waals surface area (Å²) in [5.74, 6) is -0.231. The molecule has 2 unspecified atom stereocenters. The van der Waals surface area contributed by atoms with E-state index in [0.29, 0.717) is 25.0 Å². The van der Waals surface area contributed by atoms with Crippen molar-refractivity contribution in [2.24, 2.45) is 0 Å². The van der Waals surface area contributed by atoms with Crippen molar-refractivity contribution in [3.8, 4) is 0 Å². The van der Waals surface area contributed by atoms with E-state index in [1.54, 1.807) is 15.6 Å². The lowest BCUT2D eigenvalue weighted by Crippen LogP contribution is -2.52. The predicted molar refractivity (Wildman–Crippen MR) is 123 cm³/mol. The fraction of sp³-hybridized carbons (Fsp3) is 0.417. The van der Waals surface area contributed by atoms with Crippen molar-refractivity contribution in [2.75, 3.05) is 24.5 Å². The molecule has 6 rings (SSSR count). The number of fused-ring (bicyclic) bond motifs is 3. The number of anilines is 1. The van der Waals surface area contributed by atoms with Crippen LogP contribution >= 0.6 is 0 Å². The Hall–Kier alpha value is -3.30. The monoisotopic (exact) mass is 445 g/mol. The zero-order valence-electron chi connectivity index (χ0n) is 18.4. The number of carbonyl (C=O) groups excluding carboxylic acids is 2. The number of imide groups is 1. The number of aromatic nitrogens is 3. The van der Waals surface area contributed by atoms with Gasteiger partial charge in [0, 0.05) is 69.8 Å². The fourth-order valence-corrected chi connectivity index (χ4v) is 5.54. The summed E-state index contributed by atoms with van der Waals surface area (Å²) in [6.07, 6.45) is 10.3. The van der Waals surface area contributed by atoms with Crippen LogP contribution in [-0.4, -0.2) is 68.1 Å². The molecule has 3 amide bonds. The van der Waals surface area contributed by atoms with Gasteiger partial charge in [-0.3, -0.25) is 29.8 Å². The van der Waals surface area contributed by atoms with Gasteiger partial charge in [-0.2, -0.15) is 5.10 Å². The molecule has 0 spiro atoms. The van der Waals surface area contributed by atoms with Crippen LogP contribution in [0.15, 0.2) is 49.1 Å². The molecule has 3 fully saturated rings. The van der Waals surface area contributed by atoms with Crippen LogP contribution in [0.5, 0.6) is 0 Å². The molecule has 1 N–H and O–H groups in total. The molecule has 3 saturated heterocycles. The molecule has 3 aromatic rings. The predicted octanol–water partition coefficient (Wildman–Crippen LogP) is 2.02. The number of nitrogens with zero attached hydrogens (tertiary/aromatic N) is 6. The Morgan fingerprint density at radius 1 is 1.03 bits per heavy atom. The third kappa shape index (κ3) is 3.87. The van der Waals surface area contributed by atoms with Gasteiger partial charge in [-0.05, 0) is 42.2 Å². The minimum Gasteiger partial charge on any atom is -0.296 e. The van der Waals surface area contributed by atoms with Crippen molar-refractivity contribution in [2.45, 2.75) is 44.4 Å². The molecular formula is C24H27N7O2. The lowest BCUT2D eigenvalue weighted by atomic mass is 10.1. The summed E-state index contributed by atoms with van der Waals surface area (Å²) in [5, 5.41) is 6.80. The summed E-state index contributed by atoms with van der Waals surface area (Å²) in [7, 11) is 0. The molecule has 3 aromatic heterocycles. The standard InChI is InChI=1S/C24H27N7O2/c32-23-6-8-29(24(33)27-23)22-12-26-31-9-5-17(10-21(22)31)13-28-15-19-3-4-20(16-28)30(19)14-18-2-1-7-25-11-18/h1-2,5,7,9-12,19-20H,3-4,6,8,13-16H2,(H,27,32,33). The molecule has 0 saturated carbocycles. The van der Waals surface area contributed by atoms with E-state index >= 15 is 0 Å². The zero-order valence-corrected chi connectivity index (χ0v) is 18.4. The number of carbonyl (C=O) groups is 2. The Balaban J connectivity index is 1.17. The highest BCUT2D eigenvalue weighted by Crippen LogP contribution is 2.32. The molecule has 33 heavy (non-hydrogen) atoms. The van der Waals surface area contributed by atoms with Gasteiger partial charge in [0.05, 0.1) is 17.4 Å². The number of likely N-dealkylation sites (tertiary alicyclic amines) is 1. The number of rotatable bonds is 5. The Labute approximate surface area is 192 Å². The number of piperazine rings is 1. The first-order valence-corrected chi connectivity index (χ1v) is 11.6. The number of hydrogen-bond donors (Lipinski definition) is 1. The highest BCUT2D eigenvalue weighted by Gasteiger charge is 2.39. The molecule has 3 aliphatic heterocycles. The van der Waals surface area contributed by atoms with E-state index in [0.717, 1.165) is 37.4 Å². The van der Waals surface area contributed by atoms with Crippen LogP contribution in [0, 0.1) is 0 Å². The second-order valence-electron chi connectivity index (χ2n) is 9.26. The second kappa shape index (κ2) is 8.24. The van der Waals surface area contributed by atoms with Gasteiger partial charge in [-0.25, -0.2) is 9.31 Å².